The van der Waals surface area contributed by atoms with Gasteiger partial charge in [-0.2, -0.15) is 4.68 Å². The molecule has 8 nitrogen and oxygen atoms in total. The molecule has 0 saturated carbocycles. The molecule has 0 bridgehead atoms. The number of nitrogens with one attached hydrogen (secondary N) is 1. The molecule has 0 spiro atoms. The van der Waals surface area contributed by atoms with Gasteiger partial charge in [0, 0.05) is 6.20 Å². The van der Waals surface area contributed by atoms with E-state index in [-0.39, 0.29) is 18.3 Å². The van der Waals surface area contributed by atoms with E-state index in [2.05, 4.69) is 15.4 Å². The van der Waals surface area contributed by atoms with Gasteiger partial charge >= 0.3 is 5.82 Å². The summed E-state index contributed by atoms with van der Waals surface area (Å²) >= 11 is 0. The summed E-state index contributed by atoms with van der Waals surface area (Å²) in [5.74, 6) is -0.597. The van der Waals surface area contributed by atoms with Crippen LogP contribution in [0.2, 0.25) is 0 Å². The van der Waals surface area contributed by atoms with Crippen LogP contribution in [-0.4, -0.2) is 25.6 Å². The smallest absolute Gasteiger partial charge is 0.358 e. The number of hydrogen-bond donors (Lipinski definition) is 1. The van der Waals surface area contributed by atoms with Gasteiger partial charge in [-0.25, -0.2) is 0 Å². The number of amides is 1. The number of rotatable bonds is 4. The zero-order valence-corrected chi connectivity index (χ0v) is 10.1. The van der Waals surface area contributed by atoms with Gasteiger partial charge in [-0.3, -0.25) is 9.78 Å². The molecule has 8 heteroatoms. The van der Waals surface area contributed by atoms with Gasteiger partial charge in [0.25, 0.3) is 0 Å². The lowest BCUT2D eigenvalue weighted by atomic mass is 10.4. The Kier molecular flexibility index (Phi) is 3.51. The molecule has 0 aliphatic heterocycles. The predicted molar refractivity (Wildman–Crippen MR) is 66.5 cm³/mol. The van der Waals surface area contributed by atoms with Crippen molar-refractivity contribution in [2.75, 3.05) is 5.32 Å². The van der Waals surface area contributed by atoms with Crippen LogP contribution in [0.1, 0.15) is 5.69 Å². The highest BCUT2D eigenvalue weighted by Gasteiger charge is 2.17. The van der Waals surface area contributed by atoms with E-state index in [1.54, 1.807) is 25.3 Å². The van der Waals surface area contributed by atoms with E-state index in [0.29, 0.717) is 11.4 Å². The number of pyridine rings is 1. The summed E-state index contributed by atoms with van der Waals surface area (Å²) in [6.07, 6.45) is 3.10. The maximum absolute atomic E-state index is 11.7. The standard InChI is InChI=1S/C11H11N5O3/c1-8-5-10(16(18)19)14-15(8)7-11(17)13-9-3-2-4-12-6-9/h2-6H,7H2,1H3,(H,13,17). The highest BCUT2D eigenvalue weighted by Crippen LogP contribution is 2.11. The quantitative estimate of drug-likeness (QED) is 0.656. The first kappa shape index (κ1) is 12.7. The van der Waals surface area contributed by atoms with E-state index in [9.17, 15) is 14.9 Å². The zero-order chi connectivity index (χ0) is 13.8. The predicted octanol–water partition coefficient (Wildman–Crippen LogP) is 1.13. The fourth-order valence-electron chi connectivity index (χ4n) is 1.52. The molecule has 0 atom stereocenters. The molecular formula is C11H11N5O3. The van der Waals surface area contributed by atoms with Gasteiger partial charge in [0.1, 0.15) is 6.54 Å². The van der Waals surface area contributed by atoms with Crippen molar-refractivity contribution in [1.29, 1.82) is 0 Å². The molecule has 0 unspecified atom stereocenters. The average Bonchev–Trinajstić information content (AvgIpc) is 2.72. The molecular weight excluding hydrogens is 250 g/mol. The van der Waals surface area contributed by atoms with Crippen LogP contribution < -0.4 is 5.32 Å². The van der Waals surface area contributed by atoms with Crippen molar-refractivity contribution in [1.82, 2.24) is 14.8 Å². The van der Waals surface area contributed by atoms with Crippen molar-refractivity contribution >= 4 is 17.4 Å². The summed E-state index contributed by atoms with van der Waals surface area (Å²) in [5.41, 5.74) is 1.11. The monoisotopic (exact) mass is 261 g/mol. The van der Waals surface area contributed by atoms with E-state index < -0.39 is 4.92 Å². The normalized spacial score (nSPS) is 10.2. The summed E-state index contributed by atoms with van der Waals surface area (Å²) in [7, 11) is 0. The zero-order valence-electron chi connectivity index (χ0n) is 10.1. The first-order valence-corrected chi connectivity index (χ1v) is 5.45. The van der Waals surface area contributed by atoms with Crippen LogP contribution in [0.5, 0.6) is 0 Å². The van der Waals surface area contributed by atoms with Crippen LogP contribution in [0, 0.1) is 17.0 Å². The number of nitro groups is 1. The molecule has 0 saturated heterocycles. The second kappa shape index (κ2) is 5.25. The molecule has 2 rings (SSSR count). The van der Waals surface area contributed by atoms with E-state index in [1.165, 1.54) is 16.9 Å². The minimum atomic E-state index is -0.595. The number of aryl methyl sites for hydroxylation is 1. The third kappa shape index (κ3) is 3.12. The first-order chi connectivity index (χ1) is 9.06. The van der Waals surface area contributed by atoms with Gasteiger partial charge in [-0.05, 0) is 24.0 Å². The van der Waals surface area contributed by atoms with Crippen LogP contribution in [0.25, 0.3) is 0 Å². The Morgan fingerprint density at radius 3 is 2.95 bits per heavy atom. The van der Waals surface area contributed by atoms with Gasteiger partial charge < -0.3 is 15.4 Å². The van der Waals surface area contributed by atoms with Crippen molar-refractivity contribution in [3.05, 3.63) is 46.4 Å². The highest BCUT2D eigenvalue weighted by molar-refractivity contribution is 5.90. The summed E-state index contributed by atoms with van der Waals surface area (Å²) in [5, 5.41) is 16.9. The lowest BCUT2D eigenvalue weighted by Crippen LogP contribution is -2.20. The van der Waals surface area contributed by atoms with Crippen LogP contribution in [-0.2, 0) is 11.3 Å². The second-order valence-corrected chi connectivity index (χ2v) is 3.85. The average molecular weight is 261 g/mol. The van der Waals surface area contributed by atoms with Crippen LogP contribution in [0.4, 0.5) is 11.5 Å². The van der Waals surface area contributed by atoms with E-state index in [4.69, 9.17) is 0 Å². The van der Waals surface area contributed by atoms with E-state index in [1.807, 2.05) is 0 Å². The van der Waals surface area contributed by atoms with Crippen LogP contribution >= 0.6 is 0 Å². The summed E-state index contributed by atoms with van der Waals surface area (Å²) < 4.78 is 1.28. The summed E-state index contributed by atoms with van der Waals surface area (Å²) in [4.78, 5) is 25.6. The third-order valence-corrected chi connectivity index (χ3v) is 2.39. The van der Waals surface area contributed by atoms with Crippen molar-refractivity contribution in [2.24, 2.45) is 0 Å². The van der Waals surface area contributed by atoms with Gasteiger partial charge in [0.15, 0.2) is 0 Å². The minimum absolute atomic E-state index is 0.0887. The highest BCUT2D eigenvalue weighted by atomic mass is 16.6. The summed E-state index contributed by atoms with van der Waals surface area (Å²) in [6, 6.07) is 4.71. The molecule has 2 heterocycles. The Labute approximate surface area is 108 Å². The topological polar surface area (TPSA) is 103 Å². The van der Waals surface area contributed by atoms with E-state index in [0.717, 1.165) is 0 Å². The molecule has 98 valence electrons. The second-order valence-electron chi connectivity index (χ2n) is 3.85. The molecule has 0 radical (unpaired) electrons. The van der Waals surface area contributed by atoms with Gasteiger partial charge in [-0.1, -0.05) is 0 Å². The maximum Gasteiger partial charge on any atom is 0.390 e. The van der Waals surface area contributed by atoms with Crippen molar-refractivity contribution in [3.63, 3.8) is 0 Å². The largest absolute Gasteiger partial charge is 0.390 e. The third-order valence-electron chi connectivity index (χ3n) is 2.39. The number of aromatic nitrogens is 3. The Morgan fingerprint density at radius 1 is 1.58 bits per heavy atom. The SMILES string of the molecule is Cc1cc([N+](=O)[O-])nn1CC(=O)Nc1cccnc1. The molecule has 1 N–H and O–H groups in total. The van der Waals surface area contributed by atoms with E-state index >= 15 is 0 Å². The molecule has 0 aliphatic carbocycles. The first-order valence-electron chi connectivity index (χ1n) is 5.45. The number of nitrogens with zero attached hydrogens (tertiary/aromatic N) is 4. The number of carbonyl (C=O) groups is 1. The van der Waals surface area contributed by atoms with Crippen molar-refractivity contribution in [3.8, 4) is 0 Å². The number of carbonyl (C=O) groups excluding carboxylic acids is 1. The number of anilines is 1. The molecule has 1 amide bonds. The Hall–Kier alpha value is -2.77. The van der Waals surface area contributed by atoms with Crippen molar-refractivity contribution < 1.29 is 9.72 Å². The number of hydrogen-bond acceptors (Lipinski definition) is 5. The molecule has 2 aromatic rings. The molecule has 19 heavy (non-hydrogen) atoms. The van der Waals surface area contributed by atoms with Crippen LogP contribution in [0.15, 0.2) is 30.6 Å². The fraction of sp³-hybridized carbons (Fsp3) is 0.182. The molecule has 2 aromatic heterocycles. The Balaban J connectivity index is 2.05. The van der Waals surface area contributed by atoms with Gasteiger partial charge in [0.05, 0.1) is 28.7 Å². The fourth-order valence-corrected chi connectivity index (χ4v) is 1.52. The molecule has 0 aromatic carbocycles. The minimum Gasteiger partial charge on any atom is -0.358 e. The van der Waals surface area contributed by atoms with Gasteiger partial charge in [0.2, 0.25) is 5.91 Å². The van der Waals surface area contributed by atoms with Gasteiger partial charge in [-0.15, -0.1) is 0 Å². The lowest BCUT2D eigenvalue weighted by molar-refractivity contribution is -0.389. The van der Waals surface area contributed by atoms with Crippen molar-refractivity contribution in [2.45, 2.75) is 13.5 Å². The molecule has 0 aliphatic rings. The van der Waals surface area contributed by atoms with Crippen LogP contribution in [0.3, 0.4) is 0 Å². The Morgan fingerprint density at radius 2 is 2.37 bits per heavy atom. The summed E-state index contributed by atoms with van der Waals surface area (Å²) in [6.45, 7) is 1.56. The lowest BCUT2D eigenvalue weighted by Gasteiger charge is -2.03. The maximum atomic E-state index is 11.7. The Bertz CT molecular complexity index is 608. The molecule has 0 fully saturated rings.